The molecule has 0 spiro atoms. The Kier molecular flexibility index (Phi) is 5.02. The van der Waals surface area contributed by atoms with E-state index in [4.69, 9.17) is 9.47 Å². The van der Waals surface area contributed by atoms with Gasteiger partial charge in [-0.1, -0.05) is 12.1 Å². The lowest BCUT2D eigenvalue weighted by Crippen LogP contribution is -2.30. The highest BCUT2D eigenvalue weighted by atomic mass is 19.1. The van der Waals surface area contributed by atoms with Gasteiger partial charge in [0.05, 0.1) is 12.8 Å². The minimum Gasteiger partial charge on any atom is -0.497 e. The molecule has 6 heteroatoms. The molecule has 1 N–H and O–H groups in total. The predicted octanol–water partition coefficient (Wildman–Crippen LogP) is 4.53. The van der Waals surface area contributed by atoms with Crippen molar-refractivity contribution in [1.82, 2.24) is 0 Å². The Hall–Kier alpha value is -3.15. The lowest BCUT2D eigenvalue weighted by atomic mass is 10.1. The van der Waals surface area contributed by atoms with Crippen LogP contribution in [0, 0.1) is 11.6 Å². The number of nitrogens with one attached hydrogen (secondary N) is 1. The summed E-state index contributed by atoms with van der Waals surface area (Å²) in [5.74, 6) is -0.751. The zero-order chi connectivity index (χ0) is 18.7. The van der Waals surface area contributed by atoms with Crippen molar-refractivity contribution in [1.29, 1.82) is 0 Å². The largest absolute Gasteiger partial charge is 0.497 e. The highest BCUT2D eigenvalue weighted by Gasteiger charge is 2.17. The van der Waals surface area contributed by atoms with Gasteiger partial charge < -0.3 is 14.8 Å². The van der Waals surface area contributed by atoms with Crippen molar-refractivity contribution in [3.63, 3.8) is 0 Å². The van der Waals surface area contributed by atoms with Gasteiger partial charge in [-0.2, -0.15) is 0 Å². The number of benzene rings is 3. The number of amides is 1. The Morgan fingerprint density at radius 2 is 1.65 bits per heavy atom. The summed E-state index contributed by atoms with van der Waals surface area (Å²) in [6.45, 7) is 1.53. The van der Waals surface area contributed by atoms with E-state index in [0.717, 1.165) is 29.0 Å². The number of anilines is 1. The van der Waals surface area contributed by atoms with Crippen molar-refractivity contribution in [3.05, 3.63) is 66.2 Å². The molecule has 134 valence electrons. The molecule has 0 fully saturated rings. The number of rotatable bonds is 5. The fourth-order valence-corrected chi connectivity index (χ4v) is 2.49. The van der Waals surface area contributed by atoms with E-state index < -0.39 is 23.6 Å². The van der Waals surface area contributed by atoms with Crippen LogP contribution in [-0.2, 0) is 4.79 Å². The Morgan fingerprint density at radius 3 is 2.38 bits per heavy atom. The van der Waals surface area contributed by atoms with Gasteiger partial charge in [0.2, 0.25) is 0 Å². The normalized spacial score (nSPS) is 11.8. The second kappa shape index (κ2) is 7.39. The van der Waals surface area contributed by atoms with E-state index in [1.807, 2.05) is 24.3 Å². The predicted molar refractivity (Wildman–Crippen MR) is 95.6 cm³/mol. The summed E-state index contributed by atoms with van der Waals surface area (Å²) in [7, 11) is 1.58. The van der Waals surface area contributed by atoms with Crippen LogP contribution < -0.4 is 14.8 Å². The van der Waals surface area contributed by atoms with Gasteiger partial charge >= 0.3 is 0 Å². The fraction of sp³-hybridized carbons (Fsp3) is 0.150. The second-order valence-electron chi connectivity index (χ2n) is 5.75. The van der Waals surface area contributed by atoms with Crippen LogP contribution in [-0.4, -0.2) is 19.1 Å². The first-order valence-electron chi connectivity index (χ1n) is 7.96. The number of ether oxygens (including phenoxy) is 2. The average Bonchev–Trinajstić information content (AvgIpc) is 2.64. The van der Waals surface area contributed by atoms with E-state index in [9.17, 15) is 13.6 Å². The summed E-state index contributed by atoms with van der Waals surface area (Å²) in [5.41, 5.74) is -0.228. The SMILES string of the molecule is COc1ccc2ccc(O[C@@H](C)C(=O)Nc3cc(F)ccc3F)cc2c1. The van der Waals surface area contributed by atoms with Crippen molar-refractivity contribution >= 4 is 22.4 Å². The molecule has 0 heterocycles. The molecule has 0 aliphatic rings. The number of hydrogen-bond donors (Lipinski definition) is 1. The smallest absolute Gasteiger partial charge is 0.265 e. The molecule has 0 saturated carbocycles. The van der Waals surface area contributed by atoms with Gasteiger partial charge in [-0.15, -0.1) is 0 Å². The third-order valence-electron chi connectivity index (χ3n) is 3.89. The second-order valence-corrected chi connectivity index (χ2v) is 5.75. The van der Waals surface area contributed by atoms with Gasteiger partial charge in [-0.3, -0.25) is 4.79 Å². The maximum absolute atomic E-state index is 13.6. The first kappa shape index (κ1) is 17.7. The van der Waals surface area contributed by atoms with Gasteiger partial charge in [0.25, 0.3) is 5.91 Å². The number of methoxy groups -OCH3 is 1. The van der Waals surface area contributed by atoms with E-state index >= 15 is 0 Å². The number of carbonyl (C=O) groups is 1. The van der Waals surface area contributed by atoms with Gasteiger partial charge in [0.15, 0.2) is 6.10 Å². The fourth-order valence-electron chi connectivity index (χ4n) is 2.49. The molecule has 26 heavy (non-hydrogen) atoms. The zero-order valence-electron chi connectivity index (χ0n) is 14.3. The Labute approximate surface area is 149 Å². The molecule has 0 unspecified atom stereocenters. The number of carbonyl (C=O) groups excluding carboxylic acids is 1. The van der Waals surface area contributed by atoms with Crippen LogP contribution in [0.1, 0.15) is 6.92 Å². The highest BCUT2D eigenvalue weighted by molar-refractivity contribution is 5.94. The summed E-state index contributed by atoms with van der Waals surface area (Å²) in [6.07, 6.45) is -0.902. The van der Waals surface area contributed by atoms with Crippen molar-refractivity contribution in [2.45, 2.75) is 13.0 Å². The molecule has 0 aliphatic heterocycles. The van der Waals surface area contributed by atoms with Crippen LogP contribution in [0.3, 0.4) is 0 Å². The van der Waals surface area contributed by atoms with Crippen molar-refractivity contribution in [2.24, 2.45) is 0 Å². The molecule has 3 aromatic rings. The lowest BCUT2D eigenvalue weighted by Gasteiger charge is -2.15. The summed E-state index contributed by atoms with van der Waals surface area (Å²) in [6, 6.07) is 13.9. The lowest BCUT2D eigenvalue weighted by molar-refractivity contribution is -0.122. The first-order chi connectivity index (χ1) is 12.5. The third kappa shape index (κ3) is 3.91. The van der Waals surface area contributed by atoms with Crippen LogP contribution >= 0.6 is 0 Å². The monoisotopic (exact) mass is 357 g/mol. The van der Waals surface area contributed by atoms with E-state index in [1.54, 1.807) is 19.2 Å². The summed E-state index contributed by atoms with van der Waals surface area (Å²) < 4.78 is 37.7. The van der Waals surface area contributed by atoms with Crippen molar-refractivity contribution in [2.75, 3.05) is 12.4 Å². The van der Waals surface area contributed by atoms with Crippen molar-refractivity contribution in [3.8, 4) is 11.5 Å². The molecule has 0 saturated heterocycles. The topological polar surface area (TPSA) is 47.6 Å². The van der Waals surface area contributed by atoms with Gasteiger partial charge in [0, 0.05) is 6.07 Å². The molecule has 1 atom stereocenters. The molecule has 0 aliphatic carbocycles. The van der Waals surface area contributed by atoms with Gasteiger partial charge in [0.1, 0.15) is 23.1 Å². The summed E-state index contributed by atoms with van der Waals surface area (Å²) in [5, 5.41) is 4.22. The summed E-state index contributed by atoms with van der Waals surface area (Å²) >= 11 is 0. The average molecular weight is 357 g/mol. The molecule has 3 rings (SSSR count). The molecule has 0 bridgehead atoms. The maximum Gasteiger partial charge on any atom is 0.265 e. The molecule has 0 radical (unpaired) electrons. The number of fused-ring (bicyclic) bond motifs is 1. The minimum absolute atomic E-state index is 0.228. The van der Waals surface area contributed by atoms with E-state index in [1.165, 1.54) is 6.92 Å². The van der Waals surface area contributed by atoms with E-state index in [-0.39, 0.29) is 5.69 Å². The highest BCUT2D eigenvalue weighted by Crippen LogP contribution is 2.25. The van der Waals surface area contributed by atoms with Crippen LogP contribution in [0.2, 0.25) is 0 Å². The van der Waals surface area contributed by atoms with E-state index in [2.05, 4.69) is 5.32 Å². The molecule has 3 aromatic carbocycles. The summed E-state index contributed by atoms with van der Waals surface area (Å²) in [4.78, 5) is 12.2. The quantitative estimate of drug-likeness (QED) is 0.730. The number of hydrogen-bond acceptors (Lipinski definition) is 3. The molecule has 1 amide bonds. The van der Waals surface area contributed by atoms with Crippen molar-refractivity contribution < 1.29 is 23.0 Å². The van der Waals surface area contributed by atoms with Gasteiger partial charge in [-0.05, 0) is 54.1 Å². The first-order valence-corrected chi connectivity index (χ1v) is 7.96. The van der Waals surface area contributed by atoms with Gasteiger partial charge in [-0.25, -0.2) is 8.78 Å². The standard InChI is InChI=1S/C20H17F2NO3/c1-12(20(24)23-19-11-15(21)5-8-18(19)22)26-17-7-4-13-3-6-16(25-2)9-14(13)10-17/h3-12H,1-2H3,(H,23,24)/t12-/m0/s1. The molecular weight excluding hydrogens is 340 g/mol. The zero-order valence-corrected chi connectivity index (χ0v) is 14.3. The Morgan fingerprint density at radius 1 is 0.962 bits per heavy atom. The molecule has 0 aromatic heterocycles. The van der Waals surface area contributed by atoms with Crippen LogP contribution in [0.25, 0.3) is 10.8 Å². The number of halogens is 2. The van der Waals surface area contributed by atoms with Crippen LogP contribution in [0.15, 0.2) is 54.6 Å². The Bertz CT molecular complexity index is 959. The molecular formula is C20H17F2NO3. The maximum atomic E-state index is 13.6. The Balaban J connectivity index is 1.74. The third-order valence-corrected chi connectivity index (χ3v) is 3.89. The van der Waals surface area contributed by atoms with Crippen LogP contribution in [0.4, 0.5) is 14.5 Å². The molecule has 4 nitrogen and oxygen atoms in total. The van der Waals surface area contributed by atoms with Crippen LogP contribution in [0.5, 0.6) is 11.5 Å². The van der Waals surface area contributed by atoms with E-state index in [0.29, 0.717) is 11.5 Å². The minimum atomic E-state index is -0.902.